The number of aryl methyl sites for hydroxylation is 1. The molecule has 2 N–H and O–H groups in total. The highest BCUT2D eigenvalue weighted by Gasteiger charge is 2.20. The highest BCUT2D eigenvalue weighted by atomic mass is 16.7. The van der Waals surface area contributed by atoms with Crippen molar-refractivity contribution >= 4 is 11.6 Å². The first-order valence-electron chi connectivity index (χ1n) is 5.68. The van der Waals surface area contributed by atoms with Gasteiger partial charge < -0.3 is 5.73 Å². The van der Waals surface area contributed by atoms with Gasteiger partial charge in [-0.05, 0) is 24.5 Å². The molecule has 17 heavy (non-hydrogen) atoms. The summed E-state index contributed by atoms with van der Waals surface area (Å²) < 4.78 is 0. The molecule has 94 valence electrons. The minimum atomic E-state index is -0.184. The summed E-state index contributed by atoms with van der Waals surface area (Å²) >= 11 is 0. The summed E-state index contributed by atoms with van der Waals surface area (Å²) in [6.45, 7) is 6.47. The highest BCUT2D eigenvalue weighted by molar-refractivity contribution is 5.99. The van der Waals surface area contributed by atoms with Crippen molar-refractivity contribution in [2.24, 2.45) is 5.92 Å². The van der Waals surface area contributed by atoms with E-state index in [0.717, 1.165) is 5.56 Å². The third kappa shape index (κ3) is 3.20. The smallest absolute Gasteiger partial charge is 0.279 e. The quantitative estimate of drug-likeness (QED) is 0.644. The van der Waals surface area contributed by atoms with Crippen molar-refractivity contribution in [2.45, 2.75) is 20.8 Å². The maximum absolute atomic E-state index is 12.3. The van der Waals surface area contributed by atoms with Gasteiger partial charge >= 0.3 is 0 Å². The molecule has 0 aliphatic rings. The largest absolute Gasteiger partial charge is 0.398 e. The second kappa shape index (κ2) is 5.68. The van der Waals surface area contributed by atoms with E-state index in [1.807, 2.05) is 32.9 Å². The fourth-order valence-electron chi connectivity index (χ4n) is 1.68. The number of nitrogens with two attached hydrogens (primary N) is 1. The third-order valence-corrected chi connectivity index (χ3v) is 2.50. The molecule has 1 amide bonds. The Morgan fingerprint density at radius 1 is 1.47 bits per heavy atom. The van der Waals surface area contributed by atoms with Crippen molar-refractivity contribution < 1.29 is 9.63 Å². The van der Waals surface area contributed by atoms with Crippen LogP contribution in [0.2, 0.25) is 0 Å². The molecular weight excluding hydrogens is 216 g/mol. The lowest BCUT2D eigenvalue weighted by Gasteiger charge is -2.23. The summed E-state index contributed by atoms with van der Waals surface area (Å²) in [4.78, 5) is 17.4. The number of benzene rings is 1. The molecule has 1 aromatic carbocycles. The molecule has 0 fully saturated rings. The molecule has 4 heteroatoms. The number of hydrogen-bond donors (Lipinski definition) is 1. The molecule has 0 bridgehead atoms. The predicted molar refractivity (Wildman–Crippen MR) is 68.5 cm³/mol. The zero-order chi connectivity index (χ0) is 13.0. The van der Waals surface area contributed by atoms with Crippen LogP contribution >= 0.6 is 0 Å². The molecule has 4 nitrogen and oxygen atoms in total. The lowest BCUT2D eigenvalue weighted by molar-refractivity contribution is -0.101. The van der Waals surface area contributed by atoms with Gasteiger partial charge in [-0.2, -0.15) is 0 Å². The number of rotatable bonds is 4. The summed E-state index contributed by atoms with van der Waals surface area (Å²) in [5.41, 5.74) is 7.71. The van der Waals surface area contributed by atoms with Crippen LogP contribution in [-0.2, 0) is 4.84 Å². The van der Waals surface area contributed by atoms with E-state index < -0.39 is 0 Å². The van der Waals surface area contributed by atoms with Crippen LogP contribution in [0.25, 0.3) is 0 Å². The first-order chi connectivity index (χ1) is 7.97. The van der Waals surface area contributed by atoms with E-state index in [1.54, 1.807) is 6.07 Å². The summed E-state index contributed by atoms with van der Waals surface area (Å²) in [6, 6.07) is 5.43. The van der Waals surface area contributed by atoms with Crippen LogP contribution in [0.15, 0.2) is 18.2 Å². The summed E-state index contributed by atoms with van der Waals surface area (Å²) in [5, 5.41) is 1.35. The standard InChI is InChI=1S/C13H20N2O2/c1-9(2)8-15(17-4)13(16)12-10(3)6-5-7-11(12)14/h5-7,9H,8,14H2,1-4H3. The van der Waals surface area contributed by atoms with Crippen LogP contribution < -0.4 is 5.73 Å². The number of amides is 1. The summed E-state index contributed by atoms with van der Waals surface area (Å²) in [7, 11) is 1.49. The Morgan fingerprint density at radius 2 is 2.12 bits per heavy atom. The van der Waals surface area contributed by atoms with Crippen LogP contribution in [0.4, 0.5) is 5.69 Å². The van der Waals surface area contributed by atoms with Gasteiger partial charge in [0.05, 0.1) is 19.2 Å². The SMILES string of the molecule is CON(CC(C)C)C(=O)c1c(C)cccc1N. The maximum Gasteiger partial charge on any atom is 0.279 e. The van der Waals surface area contributed by atoms with Crippen LogP contribution in [-0.4, -0.2) is 24.6 Å². The fourth-order valence-corrected chi connectivity index (χ4v) is 1.68. The first kappa shape index (κ1) is 13.5. The Bertz CT molecular complexity index is 382. The lowest BCUT2D eigenvalue weighted by atomic mass is 10.1. The molecule has 0 spiro atoms. The maximum atomic E-state index is 12.3. The van der Waals surface area contributed by atoms with Gasteiger partial charge in [-0.15, -0.1) is 0 Å². The zero-order valence-corrected chi connectivity index (χ0v) is 10.9. The van der Waals surface area contributed by atoms with Gasteiger partial charge in [0.2, 0.25) is 0 Å². The van der Waals surface area contributed by atoms with Crippen molar-refractivity contribution in [1.29, 1.82) is 0 Å². The zero-order valence-electron chi connectivity index (χ0n) is 10.9. The molecule has 0 aromatic heterocycles. The Hall–Kier alpha value is -1.55. The van der Waals surface area contributed by atoms with E-state index in [0.29, 0.717) is 23.7 Å². The van der Waals surface area contributed by atoms with E-state index in [9.17, 15) is 4.79 Å². The molecule has 0 saturated heterocycles. The fraction of sp³-hybridized carbons (Fsp3) is 0.462. The molecule has 1 rings (SSSR count). The Labute approximate surface area is 102 Å². The van der Waals surface area contributed by atoms with Gasteiger partial charge in [0.1, 0.15) is 0 Å². The minimum absolute atomic E-state index is 0.184. The number of nitrogen functional groups attached to an aromatic ring is 1. The Morgan fingerprint density at radius 3 is 2.59 bits per heavy atom. The van der Waals surface area contributed by atoms with Gasteiger partial charge in [-0.25, -0.2) is 5.06 Å². The number of anilines is 1. The number of nitrogens with zero attached hydrogens (tertiary/aromatic N) is 1. The molecule has 0 radical (unpaired) electrons. The Kier molecular flexibility index (Phi) is 4.52. The van der Waals surface area contributed by atoms with Crippen LogP contribution in [0.1, 0.15) is 29.8 Å². The van der Waals surface area contributed by atoms with Crippen molar-refractivity contribution in [1.82, 2.24) is 5.06 Å². The van der Waals surface area contributed by atoms with E-state index in [2.05, 4.69) is 0 Å². The summed E-state index contributed by atoms with van der Waals surface area (Å²) in [5.74, 6) is 0.154. The number of hydroxylamine groups is 2. The topological polar surface area (TPSA) is 55.6 Å². The van der Waals surface area contributed by atoms with Crippen molar-refractivity contribution in [3.63, 3.8) is 0 Å². The third-order valence-electron chi connectivity index (χ3n) is 2.50. The average molecular weight is 236 g/mol. The molecular formula is C13H20N2O2. The van der Waals surface area contributed by atoms with E-state index in [-0.39, 0.29) is 5.91 Å². The van der Waals surface area contributed by atoms with Crippen LogP contribution in [0, 0.1) is 12.8 Å². The molecule has 0 unspecified atom stereocenters. The molecule has 0 aliphatic carbocycles. The monoisotopic (exact) mass is 236 g/mol. The molecule has 0 saturated carbocycles. The van der Waals surface area contributed by atoms with Gasteiger partial charge in [-0.1, -0.05) is 26.0 Å². The normalized spacial score (nSPS) is 10.6. The molecule has 0 heterocycles. The lowest BCUT2D eigenvalue weighted by Crippen LogP contribution is -2.34. The van der Waals surface area contributed by atoms with Gasteiger partial charge in [0.25, 0.3) is 5.91 Å². The first-order valence-corrected chi connectivity index (χ1v) is 5.68. The van der Waals surface area contributed by atoms with E-state index >= 15 is 0 Å². The van der Waals surface area contributed by atoms with E-state index in [4.69, 9.17) is 10.6 Å². The van der Waals surface area contributed by atoms with Crippen LogP contribution in [0.3, 0.4) is 0 Å². The minimum Gasteiger partial charge on any atom is -0.398 e. The predicted octanol–water partition coefficient (Wildman–Crippen LogP) is 2.24. The second-order valence-corrected chi connectivity index (χ2v) is 4.48. The number of carbonyl (C=O) groups excluding carboxylic acids is 1. The molecule has 0 atom stereocenters. The van der Waals surface area contributed by atoms with Gasteiger partial charge in [0, 0.05) is 5.69 Å². The highest BCUT2D eigenvalue weighted by Crippen LogP contribution is 2.19. The van der Waals surface area contributed by atoms with Gasteiger partial charge in [0.15, 0.2) is 0 Å². The molecule has 1 aromatic rings. The van der Waals surface area contributed by atoms with Crippen LogP contribution in [0.5, 0.6) is 0 Å². The number of carbonyl (C=O) groups is 1. The average Bonchev–Trinajstić information content (AvgIpc) is 2.25. The Balaban J connectivity index is 3.02. The number of hydrogen-bond acceptors (Lipinski definition) is 3. The van der Waals surface area contributed by atoms with E-state index in [1.165, 1.54) is 12.2 Å². The summed E-state index contributed by atoms with van der Waals surface area (Å²) in [6.07, 6.45) is 0. The van der Waals surface area contributed by atoms with Crippen molar-refractivity contribution in [2.75, 3.05) is 19.4 Å². The van der Waals surface area contributed by atoms with Crippen molar-refractivity contribution in [3.8, 4) is 0 Å². The molecule has 0 aliphatic heterocycles. The second-order valence-electron chi connectivity index (χ2n) is 4.48. The van der Waals surface area contributed by atoms with Crippen molar-refractivity contribution in [3.05, 3.63) is 29.3 Å². The van der Waals surface area contributed by atoms with Gasteiger partial charge in [-0.3, -0.25) is 9.63 Å².